The number of carbonyl (C=O) groups is 2. The molecule has 0 aromatic heterocycles. The van der Waals surface area contributed by atoms with Crippen LogP contribution >= 0.6 is 0 Å². The Morgan fingerprint density at radius 1 is 1.27 bits per heavy atom. The summed E-state index contributed by atoms with van der Waals surface area (Å²) in [4.78, 5) is 21.7. The zero-order chi connectivity index (χ0) is 9.07. The van der Waals surface area contributed by atoms with Gasteiger partial charge in [-0.15, -0.1) is 0 Å². The van der Waals surface area contributed by atoms with E-state index in [2.05, 4.69) is 0 Å². The van der Waals surface area contributed by atoms with Crippen molar-refractivity contribution < 1.29 is 9.59 Å². The van der Waals surface area contributed by atoms with E-state index in [0.29, 0.717) is 6.29 Å². The first kappa shape index (κ1) is 10.1. The topological polar surface area (TPSA) is 34.1 Å². The Balaban J connectivity index is 4.62. The van der Waals surface area contributed by atoms with Gasteiger partial charge in [-0.2, -0.15) is 0 Å². The number of allylic oxidation sites excluding steroid dienone is 2. The summed E-state index contributed by atoms with van der Waals surface area (Å²) in [7, 11) is 0. The largest absolute Gasteiger partial charge is 0.298 e. The van der Waals surface area contributed by atoms with Crippen LogP contribution < -0.4 is 0 Å². The first-order valence-electron chi connectivity index (χ1n) is 3.59. The SMILES string of the molecule is CC=C(C=O)C(=O)C(C)(C)C. The molecule has 0 aliphatic rings. The van der Waals surface area contributed by atoms with Gasteiger partial charge in [-0.1, -0.05) is 26.8 Å². The number of ketones is 1. The average Bonchev–Trinajstić information content (AvgIpc) is 1.88. The molecule has 0 aromatic rings. The lowest BCUT2D eigenvalue weighted by atomic mass is 9.87. The van der Waals surface area contributed by atoms with Gasteiger partial charge in [0.15, 0.2) is 12.1 Å². The zero-order valence-corrected chi connectivity index (χ0v) is 7.47. The highest BCUT2D eigenvalue weighted by Gasteiger charge is 2.23. The Hall–Kier alpha value is -0.920. The normalized spacial score (nSPS) is 12.9. The fourth-order valence-corrected chi connectivity index (χ4v) is 0.686. The third-order valence-corrected chi connectivity index (χ3v) is 1.38. The van der Waals surface area contributed by atoms with Crippen molar-refractivity contribution in [3.63, 3.8) is 0 Å². The maximum absolute atomic E-state index is 11.3. The molecule has 0 unspecified atom stereocenters. The first-order chi connectivity index (χ1) is 4.93. The maximum atomic E-state index is 11.3. The highest BCUT2D eigenvalue weighted by molar-refractivity contribution is 6.13. The molecule has 0 heterocycles. The highest BCUT2D eigenvalue weighted by atomic mass is 16.1. The van der Waals surface area contributed by atoms with E-state index >= 15 is 0 Å². The second-order valence-electron chi connectivity index (χ2n) is 3.44. The van der Waals surface area contributed by atoms with Crippen LogP contribution in [0.2, 0.25) is 0 Å². The lowest BCUT2D eigenvalue weighted by Crippen LogP contribution is -2.22. The van der Waals surface area contributed by atoms with Crippen molar-refractivity contribution >= 4 is 12.1 Å². The van der Waals surface area contributed by atoms with Crippen LogP contribution in [0.5, 0.6) is 0 Å². The predicted molar refractivity (Wildman–Crippen MR) is 44.3 cm³/mol. The average molecular weight is 154 g/mol. The van der Waals surface area contributed by atoms with E-state index in [1.165, 1.54) is 0 Å². The van der Waals surface area contributed by atoms with E-state index in [9.17, 15) is 9.59 Å². The summed E-state index contributed by atoms with van der Waals surface area (Å²) < 4.78 is 0. The molecule has 11 heavy (non-hydrogen) atoms. The molecule has 0 aliphatic carbocycles. The lowest BCUT2D eigenvalue weighted by molar-refractivity contribution is -0.123. The molecule has 0 saturated heterocycles. The van der Waals surface area contributed by atoms with Gasteiger partial charge >= 0.3 is 0 Å². The predicted octanol–water partition coefficient (Wildman–Crippen LogP) is 1.75. The minimum Gasteiger partial charge on any atom is -0.298 e. The van der Waals surface area contributed by atoms with Crippen molar-refractivity contribution in [3.05, 3.63) is 11.6 Å². The standard InChI is InChI=1S/C9H14O2/c1-5-7(6-10)8(11)9(2,3)4/h5-6H,1-4H3. The minimum absolute atomic E-state index is 0.102. The van der Waals surface area contributed by atoms with Gasteiger partial charge in [-0.3, -0.25) is 9.59 Å². The molecule has 0 N–H and O–H groups in total. The molecule has 2 heteroatoms. The molecule has 0 saturated carbocycles. The van der Waals surface area contributed by atoms with Crippen molar-refractivity contribution in [2.24, 2.45) is 5.41 Å². The second kappa shape index (κ2) is 3.46. The Morgan fingerprint density at radius 2 is 1.73 bits per heavy atom. The third-order valence-electron chi connectivity index (χ3n) is 1.38. The third kappa shape index (κ3) is 2.66. The van der Waals surface area contributed by atoms with Crippen LogP contribution in [0, 0.1) is 5.41 Å². The Kier molecular flexibility index (Phi) is 3.18. The van der Waals surface area contributed by atoms with Gasteiger partial charge in [-0.25, -0.2) is 0 Å². The number of hydrogen-bond acceptors (Lipinski definition) is 2. The molecule has 0 aliphatic heterocycles. The van der Waals surface area contributed by atoms with Gasteiger partial charge in [0, 0.05) is 5.41 Å². The molecule has 0 rings (SSSR count). The highest BCUT2D eigenvalue weighted by Crippen LogP contribution is 2.18. The smallest absolute Gasteiger partial charge is 0.171 e. The number of hydrogen-bond donors (Lipinski definition) is 0. The molecular formula is C9H14O2. The number of carbonyl (C=O) groups excluding carboxylic acids is 2. The zero-order valence-electron chi connectivity index (χ0n) is 7.47. The molecular weight excluding hydrogens is 140 g/mol. The van der Waals surface area contributed by atoms with Gasteiger partial charge in [0.1, 0.15) is 0 Å². The van der Waals surface area contributed by atoms with Gasteiger partial charge in [-0.05, 0) is 6.92 Å². The van der Waals surface area contributed by atoms with Gasteiger partial charge in [0.2, 0.25) is 0 Å². The van der Waals surface area contributed by atoms with Crippen molar-refractivity contribution in [2.75, 3.05) is 0 Å². The molecule has 0 aromatic carbocycles. The van der Waals surface area contributed by atoms with Crippen molar-refractivity contribution in [1.29, 1.82) is 0 Å². The van der Waals surface area contributed by atoms with E-state index in [1.54, 1.807) is 33.8 Å². The van der Waals surface area contributed by atoms with Crippen LogP contribution in [0.3, 0.4) is 0 Å². The summed E-state index contributed by atoms with van der Waals surface area (Å²) >= 11 is 0. The number of Topliss-reactive ketones (excluding diaryl/α,β-unsaturated/α-hetero) is 1. The quantitative estimate of drug-likeness (QED) is 0.263. The Bertz CT molecular complexity index is 194. The molecule has 0 bridgehead atoms. The molecule has 0 spiro atoms. The molecule has 2 nitrogen and oxygen atoms in total. The molecule has 0 amide bonds. The summed E-state index contributed by atoms with van der Waals surface area (Å²) in [6, 6.07) is 0. The summed E-state index contributed by atoms with van der Waals surface area (Å²) in [5.41, 5.74) is -0.194. The fourth-order valence-electron chi connectivity index (χ4n) is 0.686. The van der Waals surface area contributed by atoms with Crippen molar-refractivity contribution in [3.8, 4) is 0 Å². The van der Waals surface area contributed by atoms with Crippen LogP contribution in [0.25, 0.3) is 0 Å². The number of rotatable bonds is 2. The first-order valence-corrected chi connectivity index (χ1v) is 3.59. The molecule has 0 radical (unpaired) electrons. The van der Waals surface area contributed by atoms with Crippen LogP contribution in [-0.2, 0) is 9.59 Å². The second-order valence-corrected chi connectivity index (χ2v) is 3.44. The van der Waals surface area contributed by atoms with Crippen LogP contribution in [0.4, 0.5) is 0 Å². The Morgan fingerprint density at radius 3 is 1.82 bits per heavy atom. The van der Waals surface area contributed by atoms with Gasteiger partial charge in [0.05, 0.1) is 5.57 Å². The van der Waals surface area contributed by atoms with Crippen LogP contribution in [-0.4, -0.2) is 12.1 Å². The van der Waals surface area contributed by atoms with Crippen molar-refractivity contribution in [2.45, 2.75) is 27.7 Å². The lowest BCUT2D eigenvalue weighted by Gasteiger charge is -2.15. The van der Waals surface area contributed by atoms with Crippen LogP contribution in [0.1, 0.15) is 27.7 Å². The van der Waals surface area contributed by atoms with Crippen molar-refractivity contribution in [1.82, 2.24) is 0 Å². The Labute approximate surface area is 67.3 Å². The van der Waals surface area contributed by atoms with Gasteiger partial charge in [0.25, 0.3) is 0 Å². The summed E-state index contributed by atoms with van der Waals surface area (Å²) in [6.45, 7) is 7.07. The molecule has 62 valence electrons. The molecule has 0 atom stereocenters. The number of aldehydes is 1. The summed E-state index contributed by atoms with van der Waals surface area (Å²) in [5, 5.41) is 0. The maximum Gasteiger partial charge on any atom is 0.171 e. The van der Waals surface area contributed by atoms with Crippen LogP contribution in [0.15, 0.2) is 11.6 Å². The monoisotopic (exact) mass is 154 g/mol. The van der Waals surface area contributed by atoms with E-state index in [1.807, 2.05) is 0 Å². The summed E-state index contributed by atoms with van der Waals surface area (Å²) in [6.07, 6.45) is 2.15. The van der Waals surface area contributed by atoms with E-state index in [4.69, 9.17) is 0 Å². The molecule has 0 fully saturated rings. The summed E-state index contributed by atoms with van der Waals surface area (Å²) in [5.74, 6) is -0.102. The minimum atomic E-state index is -0.456. The van der Waals surface area contributed by atoms with E-state index < -0.39 is 5.41 Å². The fraction of sp³-hybridized carbons (Fsp3) is 0.556. The van der Waals surface area contributed by atoms with Gasteiger partial charge < -0.3 is 0 Å². The van der Waals surface area contributed by atoms with E-state index in [0.717, 1.165) is 0 Å². The van der Waals surface area contributed by atoms with E-state index in [-0.39, 0.29) is 11.4 Å².